The summed E-state index contributed by atoms with van der Waals surface area (Å²) in [6.45, 7) is 1.41. The van der Waals surface area contributed by atoms with Gasteiger partial charge in [0.25, 0.3) is 0 Å². The Kier molecular flexibility index (Phi) is 7.23. The van der Waals surface area contributed by atoms with Gasteiger partial charge in [-0.05, 0) is 6.92 Å². The second kappa shape index (κ2) is 4.78. The van der Waals surface area contributed by atoms with Crippen LogP contribution >= 0.6 is 11.6 Å². The Labute approximate surface area is 65.6 Å². The van der Waals surface area contributed by atoms with Gasteiger partial charge in [-0.1, -0.05) is 0 Å². The van der Waals surface area contributed by atoms with Crippen LogP contribution in [0.5, 0.6) is 0 Å². The number of hydrogen-bond donors (Lipinski definition) is 1. The molecule has 7 heavy (non-hydrogen) atoms. The van der Waals surface area contributed by atoms with E-state index in [9.17, 15) is 4.79 Å². The minimum Gasteiger partial charge on any atom is -0.480 e. The average Bonchev–Trinajstić information content (AvgIpc) is 1.36. The molecule has 1 unspecified atom stereocenters. The molecule has 0 aromatic carbocycles. The van der Waals surface area contributed by atoms with E-state index in [0.717, 1.165) is 0 Å². The third kappa shape index (κ3) is 6.63. The van der Waals surface area contributed by atoms with E-state index in [2.05, 4.69) is 0 Å². The second-order valence-electron chi connectivity index (χ2n) is 0.954. The Bertz CT molecular complexity index is 64.0. The molecule has 0 aromatic rings. The summed E-state index contributed by atoms with van der Waals surface area (Å²) in [5.74, 6) is -0.975. The summed E-state index contributed by atoms with van der Waals surface area (Å²) in [5, 5.41) is 7.10. The molecule has 0 heterocycles. The number of hydrogen-bond acceptors (Lipinski definition) is 1. The standard InChI is InChI=1S/C3H5ClO2.In/c1-2(4)3(5)6;/h2H,1H3,(H,5,6);. The number of aliphatic carboxylic acids is 1. The van der Waals surface area contributed by atoms with Crippen molar-refractivity contribution in [3.63, 3.8) is 0 Å². The van der Waals surface area contributed by atoms with Crippen molar-refractivity contribution in [1.82, 2.24) is 0 Å². The zero-order valence-electron chi connectivity index (χ0n) is 3.89. The van der Waals surface area contributed by atoms with Crippen molar-refractivity contribution < 1.29 is 9.90 Å². The molecule has 3 radical (unpaired) electrons. The molecular formula is C3H5ClInO2. The first-order chi connectivity index (χ1) is 2.64. The number of halogens is 1. The Morgan fingerprint density at radius 2 is 2.00 bits per heavy atom. The summed E-state index contributed by atoms with van der Waals surface area (Å²) in [4.78, 5) is 9.57. The maximum absolute atomic E-state index is 9.57. The van der Waals surface area contributed by atoms with Gasteiger partial charge in [0.2, 0.25) is 0 Å². The van der Waals surface area contributed by atoms with Crippen LogP contribution in [0.4, 0.5) is 0 Å². The van der Waals surface area contributed by atoms with Gasteiger partial charge >= 0.3 is 5.97 Å². The fourth-order valence-electron chi connectivity index (χ4n) is 0. The molecule has 39 valence electrons. The molecular weight excluding hydrogens is 218 g/mol. The summed E-state index contributed by atoms with van der Waals surface area (Å²) in [5.41, 5.74) is 0. The van der Waals surface area contributed by atoms with Crippen molar-refractivity contribution in [1.29, 1.82) is 0 Å². The first kappa shape index (κ1) is 10.6. The van der Waals surface area contributed by atoms with Gasteiger partial charge in [0.05, 0.1) is 0 Å². The number of carboxylic acid groups (broad SMARTS) is 1. The molecule has 1 atom stereocenters. The van der Waals surface area contributed by atoms with E-state index in [1.807, 2.05) is 0 Å². The van der Waals surface area contributed by atoms with Crippen LogP contribution in [0.15, 0.2) is 0 Å². The first-order valence-corrected chi connectivity index (χ1v) is 1.95. The minimum absolute atomic E-state index is 0. The van der Waals surface area contributed by atoms with E-state index in [4.69, 9.17) is 16.7 Å². The molecule has 0 spiro atoms. The number of rotatable bonds is 1. The normalized spacial score (nSPS) is 11.7. The van der Waals surface area contributed by atoms with Crippen LogP contribution in [-0.4, -0.2) is 42.3 Å². The Morgan fingerprint density at radius 1 is 1.86 bits per heavy atom. The maximum Gasteiger partial charge on any atom is 0.321 e. The zero-order chi connectivity index (χ0) is 5.15. The quantitative estimate of drug-likeness (QED) is 0.650. The van der Waals surface area contributed by atoms with Gasteiger partial charge in [0, 0.05) is 25.8 Å². The van der Waals surface area contributed by atoms with E-state index in [1.165, 1.54) is 6.92 Å². The van der Waals surface area contributed by atoms with Gasteiger partial charge in [-0.25, -0.2) is 0 Å². The van der Waals surface area contributed by atoms with Crippen molar-refractivity contribution in [2.45, 2.75) is 12.3 Å². The summed E-state index contributed by atoms with van der Waals surface area (Å²) in [6, 6.07) is 0. The molecule has 4 heteroatoms. The molecule has 0 aromatic heterocycles. The zero-order valence-corrected chi connectivity index (χ0v) is 7.94. The monoisotopic (exact) mass is 223 g/mol. The Hall–Kier alpha value is 0.630. The molecule has 2 nitrogen and oxygen atoms in total. The molecule has 1 N–H and O–H groups in total. The van der Waals surface area contributed by atoms with Crippen LogP contribution in [-0.2, 0) is 4.79 Å². The molecule has 0 aliphatic carbocycles. The van der Waals surface area contributed by atoms with Crippen molar-refractivity contribution in [2.24, 2.45) is 0 Å². The van der Waals surface area contributed by atoms with Crippen LogP contribution in [0, 0.1) is 0 Å². The third-order valence-corrected chi connectivity index (χ3v) is 0.527. The smallest absolute Gasteiger partial charge is 0.321 e. The van der Waals surface area contributed by atoms with Crippen molar-refractivity contribution >= 4 is 43.4 Å². The summed E-state index contributed by atoms with van der Waals surface area (Å²) in [6.07, 6.45) is 0. The van der Waals surface area contributed by atoms with E-state index in [0.29, 0.717) is 0 Å². The predicted molar refractivity (Wildman–Crippen MR) is 28.7 cm³/mol. The number of alkyl halides is 1. The van der Waals surface area contributed by atoms with Crippen LogP contribution in [0.1, 0.15) is 6.92 Å². The molecule has 0 saturated heterocycles. The maximum atomic E-state index is 9.57. The largest absolute Gasteiger partial charge is 0.480 e. The van der Waals surface area contributed by atoms with Crippen molar-refractivity contribution in [3.8, 4) is 0 Å². The summed E-state index contributed by atoms with van der Waals surface area (Å²) >= 11 is 5.01. The van der Waals surface area contributed by atoms with Crippen LogP contribution in [0.25, 0.3) is 0 Å². The second-order valence-corrected chi connectivity index (χ2v) is 1.61. The molecule has 0 amide bonds. The predicted octanol–water partition coefficient (Wildman–Crippen LogP) is 0.318. The van der Waals surface area contributed by atoms with E-state index in [1.54, 1.807) is 0 Å². The van der Waals surface area contributed by atoms with Crippen LogP contribution in [0.2, 0.25) is 0 Å². The number of carboxylic acids is 1. The van der Waals surface area contributed by atoms with E-state index < -0.39 is 11.3 Å². The third-order valence-electron chi connectivity index (χ3n) is 0.340. The van der Waals surface area contributed by atoms with Crippen LogP contribution < -0.4 is 0 Å². The number of carbonyl (C=O) groups is 1. The van der Waals surface area contributed by atoms with Gasteiger partial charge < -0.3 is 5.11 Å². The fraction of sp³-hybridized carbons (Fsp3) is 0.667. The topological polar surface area (TPSA) is 37.3 Å². The Morgan fingerprint density at radius 3 is 2.00 bits per heavy atom. The van der Waals surface area contributed by atoms with Crippen LogP contribution in [0.3, 0.4) is 0 Å². The first-order valence-electron chi connectivity index (χ1n) is 1.51. The van der Waals surface area contributed by atoms with Crippen molar-refractivity contribution in [2.75, 3.05) is 0 Å². The van der Waals surface area contributed by atoms with Gasteiger partial charge in [0.1, 0.15) is 5.38 Å². The van der Waals surface area contributed by atoms with Gasteiger partial charge in [-0.3, -0.25) is 4.79 Å². The summed E-state index contributed by atoms with van der Waals surface area (Å²) < 4.78 is 0. The van der Waals surface area contributed by atoms with Crippen molar-refractivity contribution in [3.05, 3.63) is 0 Å². The van der Waals surface area contributed by atoms with E-state index >= 15 is 0 Å². The summed E-state index contributed by atoms with van der Waals surface area (Å²) in [7, 11) is 0. The molecule has 0 aliphatic heterocycles. The minimum atomic E-state index is -0.975. The SMILES string of the molecule is CC(Cl)C(=O)O.[In]. The van der Waals surface area contributed by atoms with Gasteiger partial charge in [-0.2, -0.15) is 0 Å². The molecule has 0 rings (SSSR count). The molecule has 0 saturated carbocycles. The fourth-order valence-corrected chi connectivity index (χ4v) is 0. The molecule has 0 fully saturated rings. The van der Waals surface area contributed by atoms with E-state index in [-0.39, 0.29) is 25.8 Å². The van der Waals surface area contributed by atoms with Gasteiger partial charge in [-0.15, -0.1) is 11.6 Å². The Balaban J connectivity index is 0. The molecule has 0 aliphatic rings. The van der Waals surface area contributed by atoms with Gasteiger partial charge in [0.15, 0.2) is 0 Å². The average molecular weight is 223 g/mol. The molecule has 0 bridgehead atoms.